The molecule has 0 atom stereocenters. The van der Waals surface area contributed by atoms with Crippen LogP contribution in [0.15, 0.2) is 12.7 Å². The van der Waals surface area contributed by atoms with E-state index in [-0.39, 0.29) is 6.61 Å². The summed E-state index contributed by atoms with van der Waals surface area (Å²) in [4.78, 5) is 10.8. The molecule has 4 nitrogen and oxygen atoms in total. The van der Waals surface area contributed by atoms with Crippen molar-refractivity contribution in [2.75, 3.05) is 26.4 Å². The van der Waals surface area contributed by atoms with Gasteiger partial charge in [0.15, 0.2) is 8.32 Å². The van der Waals surface area contributed by atoms with E-state index in [0.29, 0.717) is 36.4 Å². The van der Waals surface area contributed by atoms with Gasteiger partial charge in [-0.05, 0) is 16.6 Å². The van der Waals surface area contributed by atoms with Crippen LogP contribution >= 0.6 is 0 Å². The maximum absolute atomic E-state index is 10.8. The van der Waals surface area contributed by atoms with Crippen LogP contribution < -0.4 is 0 Å². The Kier molecular flexibility index (Phi) is 9.82. The van der Waals surface area contributed by atoms with E-state index in [0.717, 1.165) is 6.08 Å². The maximum atomic E-state index is 10.8. The van der Waals surface area contributed by atoms with Crippen molar-refractivity contribution in [3.8, 4) is 0 Å². The molecule has 0 aromatic rings. The third-order valence-electron chi connectivity index (χ3n) is 3.93. The summed E-state index contributed by atoms with van der Waals surface area (Å²) in [5, 5.41) is 0. The molecule has 0 spiro atoms. The van der Waals surface area contributed by atoms with Crippen LogP contribution in [0.4, 0.5) is 0 Å². The van der Waals surface area contributed by atoms with Crippen LogP contribution in [0.5, 0.6) is 0 Å². The number of esters is 1. The lowest BCUT2D eigenvalue weighted by Crippen LogP contribution is -2.48. The normalized spacial score (nSPS) is 12.2. The number of ether oxygens (including phenoxy) is 2. The van der Waals surface area contributed by atoms with Gasteiger partial charge in [0.1, 0.15) is 6.61 Å². The lowest BCUT2D eigenvalue weighted by Gasteiger charge is -2.42. The van der Waals surface area contributed by atoms with Crippen molar-refractivity contribution in [3.05, 3.63) is 12.7 Å². The van der Waals surface area contributed by atoms with Gasteiger partial charge in [-0.3, -0.25) is 0 Å². The van der Waals surface area contributed by atoms with Crippen LogP contribution in [0.25, 0.3) is 0 Å². The van der Waals surface area contributed by atoms with Crippen LogP contribution in [0.1, 0.15) is 41.5 Å². The van der Waals surface area contributed by atoms with Gasteiger partial charge in [-0.25, -0.2) is 4.79 Å². The van der Waals surface area contributed by atoms with Gasteiger partial charge in [-0.15, -0.1) is 0 Å². The van der Waals surface area contributed by atoms with E-state index < -0.39 is 14.3 Å². The van der Waals surface area contributed by atoms with E-state index in [1.54, 1.807) is 0 Å². The lowest BCUT2D eigenvalue weighted by atomic mass is 10.5. The Morgan fingerprint density at radius 1 is 0.952 bits per heavy atom. The minimum absolute atomic E-state index is 0.256. The molecule has 0 aliphatic heterocycles. The molecule has 0 aromatic carbocycles. The monoisotopic (exact) mass is 316 g/mol. The fraction of sp³-hybridized carbons (Fsp3) is 0.812. The Balaban J connectivity index is 4.11. The molecular weight excluding hydrogens is 284 g/mol. The van der Waals surface area contributed by atoms with Gasteiger partial charge in [-0.1, -0.05) is 48.1 Å². The van der Waals surface area contributed by atoms with Gasteiger partial charge in [-0.2, -0.15) is 0 Å². The van der Waals surface area contributed by atoms with Gasteiger partial charge in [0, 0.05) is 6.08 Å². The second-order valence-electron chi connectivity index (χ2n) is 6.15. The first kappa shape index (κ1) is 20.3. The highest BCUT2D eigenvalue weighted by Gasteiger charge is 2.44. The van der Waals surface area contributed by atoms with Gasteiger partial charge >= 0.3 is 5.97 Å². The van der Waals surface area contributed by atoms with Crippen molar-refractivity contribution in [1.29, 1.82) is 0 Å². The molecule has 0 N–H and O–H groups in total. The summed E-state index contributed by atoms with van der Waals surface area (Å²) in [6.07, 6.45) is 1.15. The Bertz CT molecular complexity index is 292. The average molecular weight is 317 g/mol. The van der Waals surface area contributed by atoms with Gasteiger partial charge < -0.3 is 13.9 Å². The van der Waals surface area contributed by atoms with Crippen molar-refractivity contribution < 1.29 is 18.7 Å². The largest absolute Gasteiger partial charge is 0.460 e. The van der Waals surface area contributed by atoms with Crippen LogP contribution in [0.2, 0.25) is 16.6 Å². The second kappa shape index (κ2) is 10.1. The molecule has 0 saturated carbocycles. The summed E-state index contributed by atoms with van der Waals surface area (Å²) in [5.74, 6) is -0.416. The van der Waals surface area contributed by atoms with E-state index in [9.17, 15) is 4.79 Å². The summed E-state index contributed by atoms with van der Waals surface area (Å²) >= 11 is 0. The number of hydrogen-bond acceptors (Lipinski definition) is 4. The number of carbonyl (C=O) groups excluding carboxylic acids is 1. The minimum atomic E-state index is -1.80. The fourth-order valence-electron chi connectivity index (χ4n) is 3.14. The first-order valence-corrected chi connectivity index (χ1v) is 9.93. The van der Waals surface area contributed by atoms with E-state index in [2.05, 4.69) is 48.1 Å². The first-order chi connectivity index (χ1) is 9.78. The van der Waals surface area contributed by atoms with Gasteiger partial charge in [0.05, 0.1) is 19.8 Å². The SMILES string of the molecule is C=CC(=O)OCCOCCO[Si](C(C)C)(C(C)C)C(C)C. The molecule has 124 valence electrons. The van der Waals surface area contributed by atoms with Crippen molar-refractivity contribution in [2.24, 2.45) is 0 Å². The summed E-state index contributed by atoms with van der Waals surface area (Å²) in [5.41, 5.74) is 1.73. The smallest absolute Gasteiger partial charge is 0.330 e. The molecule has 0 bridgehead atoms. The average Bonchev–Trinajstić information content (AvgIpc) is 2.40. The highest BCUT2D eigenvalue weighted by Crippen LogP contribution is 2.42. The third kappa shape index (κ3) is 6.32. The standard InChI is InChI=1S/C16H32O4Si/c1-8-16(17)19-11-9-18-10-12-20-21(13(2)3,14(4)5)15(6)7/h8,13-15H,1,9-12H2,2-7H3. The zero-order chi connectivity index (χ0) is 16.5. The molecular formula is C16H32O4Si. The van der Waals surface area contributed by atoms with E-state index >= 15 is 0 Å². The number of carbonyl (C=O) groups is 1. The van der Waals surface area contributed by atoms with E-state index in [4.69, 9.17) is 13.9 Å². The number of hydrogen-bond donors (Lipinski definition) is 0. The molecule has 0 amide bonds. The molecule has 0 aliphatic rings. The van der Waals surface area contributed by atoms with Crippen molar-refractivity contribution in [2.45, 2.75) is 58.2 Å². The van der Waals surface area contributed by atoms with Crippen molar-refractivity contribution in [1.82, 2.24) is 0 Å². The lowest BCUT2D eigenvalue weighted by molar-refractivity contribution is -0.139. The van der Waals surface area contributed by atoms with Crippen LogP contribution in [-0.2, 0) is 18.7 Å². The van der Waals surface area contributed by atoms with Crippen LogP contribution in [0.3, 0.4) is 0 Å². The van der Waals surface area contributed by atoms with Crippen molar-refractivity contribution >= 4 is 14.3 Å². The Morgan fingerprint density at radius 2 is 1.43 bits per heavy atom. The Hall–Kier alpha value is -0.653. The van der Waals surface area contributed by atoms with Gasteiger partial charge in [0.25, 0.3) is 0 Å². The quantitative estimate of drug-likeness (QED) is 0.251. The Labute approximate surface area is 131 Å². The second-order valence-corrected chi connectivity index (χ2v) is 11.6. The zero-order valence-corrected chi connectivity index (χ0v) is 15.5. The summed E-state index contributed by atoms with van der Waals surface area (Å²) in [6, 6.07) is 0. The maximum Gasteiger partial charge on any atom is 0.330 e. The minimum Gasteiger partial charge on any atom is -0.460 e. The van der Waals surface area contributed by atoms with Gasteiger partial charge in [0.2, 0.25) is 0 Å². The Morgan fingerprint density at radius 3 is 1.86 bits per heavy atom. The van der Waals surface area contributed by atoms with Crippen LogP contribution in [0, 0.1) is 0 Å². The van der Waals surface area contributed by atoms with E-state index in [1.165, 1.54) is 0 Å². The predicted octanol–water partition coefficient (Wildman–Crippen LogP) is 3.92. The predicted molar refractivity (Wildman–Crippen MR) is 89.0 cm³/mol. The fourth-order valence-corrected chi connectivity index (χ4v) is 8.58. The summed E-state index contributed by atoms with van der Waals surface area (Å²) < 4.78 is 16.6. The van der Waals surface area contributed by atoms with Crippen LogP contribution in [-0.4, -0.2) is 40.7 Å². The first-order valence-electron chi connectivity index (χ1n) is 7.79. The van der Waals surface area contributed by atoms with E-state index in [1.807, 2.05) is 0 Å². The topological polar surface area (TPSA) is 44.8 Å². The number of rotatable bonds is 11. The third-order valence-corrected chi connectivity index (χ3v) is 10.0. The molecule has 5 heteroatoms. The highest BCUT2D eigenvalue weighted by molar-refractivity contribution is 6.77. The molecule has 0 fully saturated rings. The molecule has 0 aliphatic carbocycles. The van der Waals surface area contributed by atoms with Crippen molar-refractivity contribution in [3.63, 3.8) is 0 Å². The molecule has 0 saturated heterocycles. The molecule has 0 rings (SSSR count). The zero-order valence-electron chi connectivity index (χ0n) is 14.5. The highest BCUT2D eigenvalue weighted by atomic mass is 28.4. The molecule has 0 unspecified atom stereocenters. The molecule has 0 radical (unpaired) electrons. The molecule has 0 heterocycles. The summed E-state index contributed by atoms with van der Waals surface area (Å²) in [6.45, 7) is 18.7. The summed E-state index contributed by atoms with van der Waals surface area (Å²) in [7, 11) is -1.80. The molecule has 21 heavy (non-hydrogen) atoms. The molecule has 0 aromatic heterocycles.